The van der Waals surface area contributed by atoms with Crippen molar-refractivity contribution in [3.05, 3.63) is 34.6 Å². The summed E-state index contributed by atoms with van der Waals surface area (Å²) in [7, 11) is 0. The minimum absolute atomic E-state index is 0.408. The molecule has 0 radical (unpaired) electrons. The van der Waals surface area contributed by atoms with E-state index in [4.69, 9.17) is 0 Å². The Kier molecular flexibility index (Phi) is 5.89. The molecule has 1 saturated carbocycles. The van der Waals surface area contributed by atoms with Gasteiger partial charge in [0.2, 0.25) is 0 Å². The molecule has 0 spiro atoms. The van der Waals surface area contributed by atoms with E-state index in [2.05, 4.69) is 6.92 Å². The van der Waals surface area contributed by atoms with E-state index in [9.17, 15) is 13.2 Å². The van der Waals surface area contributed by atoms with Crippen molar-refractivity contribution in [2.45, 2.75) is 77.6 Å². The summed E-state index contributed by atoms with van der Waals surface area (Å²) in [6.07, 6.45) is 12.7. The molecule has 1 unspecified atom stereocenters. The van der Waals surface area contributed by atoms with Gasteiger partial charge in [0.25, 0.3) is 0 Å². The van der Waals surface area contributed by atoms with Gasteiger partial charge >= 0.3 is 0 Å². The highest BCUT2D eigenvalue weighted by atomic mass is 19.2. The molecular weight excluding hydrogens is 309 g/mol. The van der Waals surface area contributed by atoms with Crippen LogP contribution in [0.2, 0.25) is 0 Å². The first kappa shape index (κ1) is 17.8. The fourth-order valence-corrected chi connectivity index (χ4v) is 4.83. The van der Waals surface area contributed by atoms with Crippen LogP contribution in [0.5, 0.6) is 0 Å². The smallest absolute Gasteiger partial charge is 0.194 e. The number of benzene rings is 1. The van der Waals surface area contributed by atoms with Gasteiger partial charge in [0.1, 0.15) is 0 Å². The Morgan fingerprint density at radius 2 is 1.46 bits per heavy atom. The maximum absolute atomic E-state index is 13.8. The van der Waals surface area contributed by atoms with Crippen LogP contribution in [0.4, 0.5) is 13.2 Å². The highest BCUT2D eigenvalue weighted by molar-refractivity contribution is 5.33. The minimum atomic E-state index is -1.31. The van der Waals surface area contributed by atoms with Crippen molar-refractivity contribution in [3.63, 3.8) is 0 Å². The first-order valence-corrected chi connectivity index (χ1v) is 9.73. The number of halogens is 3. The summed E-state index contributed by atoms with van der Waals surface area (Å²) in [6.45, 7) is 2.27. The summed E-state index contributed by atoms with van der Waals surface area (Å²) in [5.74, 6) is -1.04. The molecule has 0 saturated heterocycles. The second-order valence-corrected chi connectivity index (χ2v) is 7.99. The maximum atomic E-state index is 13.8. The molecule has 0 N–H and O–H groups in total. The molecule has 0 nitrogen and oxygen atoms in total. The van der Waals surface area contributed by atoms with Crippen molar-refractivity contribution < 1.29 is 13.2 Å². The summed E-state index contributed by atoms with van der Waals surface area (Å²) < 4.78 is 40.6. The lowest BCUT2D eigenvalue weighted by Gasteiger charge is -2.30. The van der Waals surface area contributed by atoms with E-state index in [1.54, 1.807) is 0 Å². The van der Waals surface area contributed by atoms with Gasteiger partial charge in [-0.25, -0.2) is 13.2 Å². The van der Waals surface area contributed by atoms with Gasteiger partial charge < -0.3 is 0 Å². The molecule has 0 heterocycles. The standard InChI is InChI=1S/C21H29F3/c1-2-3-14-4-6-15(7-5-14)8-9-16-10-11-18-17(12-16)13-19(22)21(24)20(18)23/h13-16H,2-12H2,1H3/t14-,15-,16?. The van der Waals surface area contributed by atoms with Crippen LogP contribution in [-0.4, -0.2) is 0 Å². The molecule has 1 fully saturated rings. The molecule has 0 amide bonds. The monoisotopic (exact) mass is 338 g/mol. The number of fused-ring (bicyclic) bond motifs is 1. The van der Waals surface area contributed by atoms with E-state index in [0.717, 1.165) is 24.7 Å². The molecule has 0 aliphatic heterocycles. The van der Waals surface area contributed by atoms with E-state index in [1.807, 2.05) is 0 Å². The number of rotatable bonds is 5. The SMILES string of the molecule is CCC[C@H]1CC[C@H](CCC2CCc3c(cc(F)c(F)c3F)C2)CC1. The van der Waals surface area contributed by atoms with Gasteiger partial charge in [-0.05, 0) is 60.6 Å². The second-order valence-electron chi connectivity index (χ2n) is 7.99. The van der Waals surface area contributed by atoms with Gasteiger partial charge in [-0.2, -0.15) is 0 Å². The average molecular weight is 338 g/mol. The molecule has 134 valence electrons. The van der Waals surface area contributed by atoms with Crippen LogP contribution < -0.4 is 0 Å². The van der Waals surface area contributed by atoms with E-state index in [1.165, 1.54) is 51.0 Å². The van der Waals surface area contributed by atoms with E-state index >= 15 is 0 Å². The Labute approximate surface area is 143 Å². The van der Waals surface area contributed by atoms with Crippen LogP contribution in [0.15, 0.2) is 6.07 Å². The molecule has 1 atom stereocenters. The van der Waals surface area contributed by atoms with Crippen LogP contribution in [0, 0.1) is 35.2 Å². The van der Waals surface area contributed by atoms with Gasteiger partial charge in [-0.3, -0.25) is 0 Å². The van der Waals surface area contributed by atoms with Crippen LogP contribution in [0.25, 0.3) is 0 Å². The maximum Gasteiger partial charge on any atom is 0.194 e. The molecule has 1 aromatic rings. The number of hydrogen-bond donors (Lipinski definition) is 0. The molecule has 24 heavy (non-hydrogen) atoms. The second kappa shape index (κ2) is 7.93. The summed E-state index contributed by atoms with van der Waals surface area (Å²) in [6, 6.07) is 1.22. The molecular formula is C21H29F3. The van der Waals surface area contributed by atoms with Crippen molar-refractivity contribution in [2.75, 3.05) is 0 Å². The van der Waals surface area contributed by atoms with Gasteiger partial charge in [0, 0.05) is 0 Å². The lowest BCUT2D eigenvalue weighted by atomic mass is 9.75. The van der Waals surface area contributed by atoms with Gasteiger partial charge in [-0.15, -0.1) is 0 Å². The van der Waals surface area contributed by atoms with Crippen LogP contribution in [0.1, 0.15) is 75.8 Å². The first-order valence-electron chi connectivity index (χ1n) is 9.73. The third kappa shape index (κ3) is 3.97. The predicted molar refractivity (Wildman–Crippen MR) is 91.4 cm³/mol. The highest BCUT2D eigenvalue weighted by Crippen LogP contribution is 2.37. The Morgan fingerprint density at radius 1 is 0.833 bits per heavy atom. The molecule has 2 aliphatic carbocycles. The zero-order valence-electron chi connectivity index (χ0n) is 14.7. The normalized spacial score (nSPS) is 27.1. The van der Waals surface area contributed by atoms with Crippen molar-refractivity contribution in [1.82, 2.24) is 0 Å². The fraction of sp³-hybridized carbons (Fsp3) is 0.714. The Balaban J connectivity index is 1.50. The fourth-order valence-electron chi connectivity index (χ4n) is 4.83. The zero-order chi connectivity index (χ0) is 17.1. The van der Waals surface area contributed by atoms with E-state index < -0.39 is 17.5 Å². The van der Waals surface area contributed by atoms with Gasteiger partial charge in [0.15, 0.2) is 17.5 Å². The lowest BCUT2D eigenvalue weighted by Crippen LogP contribution is -2.19. The van der Waals surface area contributed by atoms with E-state index in [0.29, 0.717) is 29.9 Å². The third-order valence-electron chi connectivity index (χ3n) is 6.31. The largest absolute Gasteiger partial charge is 0.204 e. The van der Waals surface area contributed by atoms with E-state index in [-0.39, 0.29) is 0 Å². The molecule has 1 aromatic carbocycles. The Bertz CT molecular complexity index is 559. The molecule has 2 aliphatic rings. The molecule has 3 rings (SSSR count). The topological polar surface area (TPSA) is 0 Å². The average Bonchev–Trinajstić information content (AvgIpc) is 2.59. The lowest BCUT2D eigenvalue weighted by molar-refractivity contribution is 0.235. The predicted octanol–water partition coefficient (Wildman–Crippen LogP) is 6.60. The number of hydrogen-bond acceptors (Lipinski definition) is 0. The third-order valence-corrected chi connectivity index (χ3v) is 6.31. The summed E-state index contributed by atoms with van der Waals surface area (Å²) >= 11 is 0. The van der Waals surface area contributed by atoms with Crippen molar-refractivity contribution >= 4 is 0 Å². The van der Waals surface area contributed by atoms with Gasteiger partial charge in [0.05, 0.1) is 0 Å². The summed E-state index contributed by atoms with van der Waals surface area (Å²) in [5.41, 5.74) is 1.10. The Hall–Kier alpha value is -0.990. The molecule has 0 bridgehead atoms. The molecule has 0 aromatic heterocycles. The van der Waals surface area contributed by atoms with Crippen molar-refractivity contribution in [2.24, 2.45) is 17.8 Å². The first-order chi connectivity index (χ1) is 11.6. The highest BCUT2D eigenvalue weighted by Gasteiger charge is 2.27. The quantitative estimate of drug-likeness (QED) is 0.531. The van der Waals surface area contributed by atoms with Crippen molar-refractivity contribution in [3.8, 4) is 0 Å². The zero-order valence-corrected chi connectivity index (χ0v) is 14.7. The van der Waals surface area contributed by atoms with Gasteiger partial charge in [-0.1, -0.05) is 51.9 Å². The minimum Gasteiger partial charge on any atom is -0.204 e. The summed E-state index contributed by atoms with van der Waals surface area (Å²) in [5, 5.41) is 0. The molecule has 3 heteroatoms. The van der Waals surface area contributed by atoms with Crippen molar-refractivity contribution in [1.29, 1.82) is 0 Å². The Morgan fingerprint density at radius 3 is 2.12 bits per heavy atom. The van der Waals surface area contributed by atoms with Crippen LogP contribution >= 0.6 is 0 Å². The van der Waals surface area contributed by atoms with Crippen LogP contribution in [0.3, 0.4) is 0 Å². The van der Waals surface area contributed by atoms with Crippen LogP contribution in [-0.2, 0) is 12.8 Å². The summed E-state index contributed by atoms with van der Waals surface area (Å²) in [4.78, 5) is 0.